The molecule has 126 valence electrons. The van der Waals surface area contributed by atoms with E-state index in [9.17, 15) is 9.59 Å². The summed E-state index contributed by atoms with van der Waals surface area (Å²) < 4.78 is 4.41. The van der Waals surface area contributed by atoms with Crippen molar-refractivity contribution >= 4 is 22.9 Å². The first-order valence-corrected chi connectivity index (χ1v) is 8.91. The average Bonchev–Trinajstić information content (AvgIpc) is 2.90. The minimum atomic E-state index is -0.356. The summed E-state index contributed by atoms with van der Waals surface area (Å²) in [4.78, 5) is 29.1. The first-order chi connectivity index (χ1) is 11.0. The molecule has 0 bridgehead atoms. The summed E-state index contributed by atoms with van der Waals surface area (Å²) in [5, 5.41) is 0.773. The maximum absolute atomic E-state index is 12.5. The van der Waals surface area contributed by atoms with E-state index in [4.69, 9.17) is 0 Å². The molecule has 0 aliphatic carbocycles. The van der Waals surface area contributed by atoms with E-state index in [1.165, 1.54) is 30.9 Å². The fourth-order valence-electron chi connectivity index (χ4n) is 2.53. The van der Waals surface area contributed by atoms with Crippen LogP contribution in [0.15, 0.2) is 27.4 Å². The van der Waals surface area contributed by atoms with Gasteiger partial charge in [-0.1, -0.05) is 44.0 Å². The molecule has 0 aromatic carbocycles. The number of allylic oxidation sites excluding steroid dienone is 1. The van der Waals surface area contributed by atoms with Gasteiger partial charge in [-0.15, -0.1) is 6.58 Å². The quantitative estimate of drug-likeness (QED) is 0.421. The molecule has 0 saturated carbocycles. The summed E-state index contributed by atoms with van der Waals surface area (Å²) in [6.45, 7) is 6.45. The molecule has 2 heterocycles. The maximum atomic E-state index is 12.5. The SMILES string of the molecule is C=CCn1c(SCCCCCC)nc2c1c(=O)n(C)c(=O)n2C. The van der Waals surface area contributed by atoms with Crippen molar-refractivity contribution in [3.05, 3.63) is 33.5 Å². The Kier molecular flexibility index (Phi) is 5.87. The lowest BCUT2D eigenvalue weighted by molar-refractivity contribution is 0.698. The first kappa shape index (κ1) is 17.6. The molecule has 6 nitrogen and oxygen atoms in total. The highest BCUT2D eigenvalue weighted by molar-refractivity contribution is 7.99. The molecule has 23 heavy (non-hydrogen) atoms. The lowest BCUT2D eigenvalue weighted by Gasteiger charge is -2.06. The van der Waals surface area contributed by atoms with Gasteiger partial charge in [0.25, 0.3) is 5.56 Å². The molecule has 0 aliphatic rings. The molecule has 0 unspecified atom stereocenters. The van der Waals surface area contributed by atoms with Gasteiger partial charge in [0.05, 0.1) is 0 Å². The molecular formula is C16H24N4O2S. The van der Waals surface area contributed by atoms with Crippen LogP contribution in [-0.4, -0.2) is 24.4 Å². The number of unbranched alkanes of at least 4 members (excludes halogenated alkanes) is 3. The van der Waals surface area contributed by atoms with Crippen LogP contribution in [0.4, 0.5) is 0 Å². The van der Waals surface area contributed by atoms with E-state index in [1.54, 1.807) is 24.9 Å². The largest absolute Gasteiger partial charge is 0.332 e. The third-order valence-electron chi connectivity index (χ3n) is 3.85. The van der Waals surface area contributed by atoms with Crippen molar-refractivity contribution in [2.24, 2.45) is 14.1 Å². The summed E-state index contributed by atoms with van der Waals surface area (Å²) in [5.74, 6) is 0.953. The van der Waals surface area contributed by atoms with E-state index in [0.29, 0.717) is 17.7 Å². The van der Waals surface area contributed by atoms with Gasteiger partial charge in [0.1, 0.15) is 0 Å². The van der Waals surface area contributed by atoms with Crippen molar-refractivity contribution < 1.29 is 0 Å². The van der Waals surface area contributed by atoms with Gasteiger partial charge >= 0.3 is 5.69 Å². The van der Waals surface area contributed by atoms with E-state index in [1.807, 2.05) is 4.57 Å². The standard InChI is InChI=1S/C16H24N4O2S/c1-5-7-8-9-11-23-15-17-13-12(20(15)10-6-2)14(21)19(4)16(22)18(13)3/h6H,2,5,7-11H2,1,3-4H3. The van der Waals surface area contributed by atoms with Crippen LogP contribution >= 0.6 is 11.8 Å². The molecule has 0 radical (unpaired) electrons. The Morgan fingerprint density at radius 3 is 2.57 bits per heavy atom. The molecule has 0 saturated heterocycles. The number of hydrogen-bond donors (Lipinski definition) is 0. The normalized spacial score (nSPS) is 11.3. The minimum absolute atomic E-state index is 0.310. The summed E-state index contributed by atoms with van der Waals surface area (Å²) in [5.41, 5.74) is 0.238. The van der Waals surface area contributed by atoms with Crippen LogP contribution in [0.5, 0.6) is 0 Å². The van der Waals surface area contributed by atoms with Crippen LogP contribution in [0.1, 0.15) is 32.6 Å². The fourth-order valence-corrected chi connectivity index (χ4v) is 3.53. The molecule has 0 amide bonds. The van der Waals surface area contributed by atoms with Crippen molar-refractivity contribution in [1.82, 2.24) is 18.7 Å². The van der Waals surface area contributed by atoms with Gasteiger partial charge in [-0.2, -0.15) is 0 Å². The Morgan fingerprint density at radius 1 is 1.17 bits per heavy atom. The van der Waals surface area contributed by atoms with Crippen molar-refractivity contribution in [1.29, 1.82) is 0 Å². The molecule has 2 aromatic heterocycles. The predicted molar refractivity (Wildman–Crippen MR) is 95.3 cm³/mol. The zero-order chi connectivity index (χ0) is 17.0. The number of rotatable bonds is 8. The van der Waals surface area contributed by atoms with Crippen LogP contribution in [0.2, 0.25) is 0 Å². The Labute approximate surface area is 139 Å². The molecule has 0 spiro atoms. The Morgan fingerprint density at radius 2 is 1.91 bits per heavy atom. The van der Waals surface area contributed by atoms with Crippen LogP contribution in [0.3, 0.4) is 0 Å². The van der Waals surface area contributed by atoms with Crippen molar-refractivity contribution in [2.45, 2.75) is 44.3 Å². The number of aryl methyl sites for hydroxylation is 1. The average molecular weight is 336 g/mol. The third kappa shape index (κ3) is 3.44. The zero-order valence-corrected chi connectivity index (χ0v) is 14.9. The van der Waals surface area contributed by atoms with E-state index >= 15 is 0 Å². The zero-order valence-electron chi connectivity index (χ0n) is 14.0. The highest BCUT2D eigenvalue weighted by atomic mass is 32.2. The number of imidazole rings is 1. The highest BCUT2D eigenvalue weighted by Crippen LogP contribution is 2.23. The molecule has 0 atom stereocenters. The van der Waals surface area contributed by atoms with Crippen LogP contribution < -0.4 is 11.2 Å². The van der Waals surface area contributed by atoms with Gasteiger partial charge in [-0.25, -0.2) is 9.78 Å². The molecule has 2 rings (SSSR count). The molecule has 0 aliphatic heterocycles. The van der Waals surface area contributed by atoms with Crippen molar-refractivity contribution in [2.75, 3.05) is 5.75 Å². The predicted octanol–water partition coefficient (Wildman–Crippen LogP) is 2.29. The first-order valence-electron chi connectivity index (χ1n) is 7.92. The van der Waals surface area contributed by atoms with Crippen LogP contribution in [0, 0.1) is 0 Å². The molecule has 0 fully saturated rings. The number of hydrogen-bond acceptors (Lipinski definition) is 4. The van der Waals surface area contributed by atoms with Gasteiger partial charge in [0, 0.05) is 26.4 Å². The van der Waals surface area contributed by atoms with Gasteiger partial charge in [-0.05, 0) is 6.42 Å². The summed E-state index contributed by atoms with van der Waals surface area (Å²) in [6, 6.07) is 0. The van der Waals surface area contributed by atoms with Gasteiger partial charge < -0.3 is 4.57 Å². The molecule has 7 heteroatoms. The van der Waals surface area contributed by atoms with Gasteiger partial charge in [-0.3, -0.25) is 13.9 Å². The second-order valence-corrected chi connectivity index (χ2v) is 6.64. The van der Waals surface area contributed by atoms with E-state index in [2.05, 4.69) is 18.5 Å². The number of thioether (sulfide) groups is 1. The summed E-state index contributed by atoms with van der Waals surface area (Å²) in [7, 11) is 3.14. The molecule has 0 N–H and O–H groups in total. The lowest BCUT2D eigenvalue weighted by Crippen LogP contribution is -2.37. The Balaban J connectivity index is 2.45. The Hall–Kier alpha value is -1.76. The number of nitrogens with zero attached hydrogens (tertiary/aromatic N) is 4. The number of fused-ring (bicyclic) bond motifs is 1. The van der Waals surface area contributed by atoms with E-state index in [-0.39, 0.29) is 11.2 Å². The molecular weight excluding hydrogens is 312 g/mol. The van der Waals surface area contributed by atoms with E-state index < -0.39 is 0 Å². The second kappa shape index (κ2) is 7.68. The van der Waals surface area contributed by atoms with Gasteiger partial charge in [0.2, 0.25) is 0 Å². The maximum Gasteiger partial charge on any atom is 0.332 e. The smallest absolute Gasteiger partial charge is 0.309 e. The lowest BCUT2D eigenvalue weighted by atomic mass is 10.2. The highest BCUT2D eigenvalue weighted by Gasteiger charge is 2.18. The minimum Gasteiger partial charge on any atom is -0.309 e. The van der Waals surface area contributed by atoms with Crippen LogP contribution in [-0.2, 0) is 20.6 Å². The summed E-state index contributed by atoms with van der Waals surface area (Å²) in [6.07, 6.45) is 6.50. The van der Waals surface area contributed by atoms with Gasteiger partial charge in [0.15, 0.2) is 16.3 Å². The van der Waals surface area contributed by atoms with Crippen molar-refractivity contribution in [3.63, 3.8) is 0 Å². The Bertz CT molecular complexity index is 816. The second-order valence-electron chi connectivity index (χ2n) is 5.58. The molecule has 2 aromatic rings. The van der Waals surface area contributed by atoms with E-state index in [0.717, 1.165) is 21.9 Å². The summed E-state index contributed by atoms with van der Waals surface area (Å²) >= 11 is 1.63. The fraction of sp³-hybridized carbons (Fsp3) is 0.562. The third-order valence-corrected chi connectivity index (χ3v) is 4.92. The van der Waals surface area contributed by atoms with Crippen LogP contribution in [0.25, 0.3) is 11.2 Å². The number of aromatic nitrogens is 4. The monoisotopic (exact) mass is 336 g/mol. The van der Waals surface area contributed by atoms with Crippen molar-refractivity contribution in [3.8, 4) is 0 Å². The topological polar surface area (TPSA) is 61.8 Å².